The molecule has 1 saturated heterocycles. The van der Waals surface area contributed by atoms with Gasteiger partial charge in [-0.05, 0) is 57.0 Å². The van der Waals surface area contributed by atoms with E-state index in [2.05, 4.69) is 34.4 Å². The predicted molar refractivity (Wildman–Crippen MR) is 112 cm³/mol. The number of hydrogen-bond donors (Lipinski definition) is 2. The summed E-state index contributed by atoms with van der Waals surface area (Å²) >= 11 is 0. The van der Waals surface area contributed by atoms with Crippen molar-refractivity contribution in [3.05, 3.63) is 0 Å². The Bertz CT molecular complexity index is 355. The first kappa shape index (κ1) is 22.0. The standard InChI is InChI=1S/C18H36N4O.HI/c1-15(2)17(22-10-4-5-11-22)13-21-18(19-3)20-9-6-12-23-14-16-7-8-16;/h15-17H,4-14H2,1-3H3,(H2,19,20,21);1H. The van der Waals surface area contributed by atoms with Gasteiger partial charge in [-0.3, -0.25) is 9.89 Å². The van der Waals surface area contributed by atoms with E-state index >= 15 is 0 Å². The van der Waals surface area contributed by atoms with Crippen LogP contribution in [0, 0.1) is 11.8 Å². The lowest BCUT2D eigenvalue weighted by Crippen LogP contribution is -2.48. The molecule has 1 heterocycles. The third kappa shape index (κ3) is 8.34. The third-order valence-corrected chi connectivity index (χ3v) is 4.89. The van der Waals surface area contributed by atoms with E-state index in [9.17, 15) is 0 Å². The largest absolute Gasteiger partial charge is 0.381 e. The third-order valence-electron chi connectivity index (χ3n) is 4.89. The number of likely N-dealkylation sites (tertiary alicyclic amines) is 1. The smallest absolute Gasteiger partial charge is 0.191 e. The maximum absolute atomic E-state index is 5.66. The Balaban J connectivity index is 0.00000288. The first-order chi connectivity index (χ1) is 11.2. The van der Waals surface area contributed by atoms with Crippen molar-refractivity contribution in [3.63, 3.8) is 0 Å². The fourth-order valence-electron chi connectivity index (χ4n) is 3.20. The van der Waals surface area contributed by atoms with Crippen LogP contribution in [-0.4, -0.2) is 63.3 Å². The molecule has 1 saturated carbocycles. The van der Waals surface area contributed by atoms with Crippen LogP contribution in [0.25, 0.3) is 0 Å². The maximum Gasteiger partial charge on any atom is 0.191 e. The summed E-state index contributed by atoms with van der Waals surface area (Å²) in [5, 5.41) is 6.90. The predicted octanol–water partition coefficient (Wildman–Crippen LogP) is 2.71. The van der Waals surface area contributed by atoms with Crippen molar-refractivity contribution in [1.82, 2.24) is 15.5 Å². The van der Waals surface area contributed by atoms with Gasteiger partial charge >= 0.3 is 0 Å². The molecule has 0 spiro atoms. The van der Waals surface area contributed by atoms with Crippen LogP contribution >= 0.6 is 24.0 Å². The summed E-state index contributed by atoms with van der Waals surface area (Å²) in [4.78, 5) is 6.96. The minimum absolute atomic E-state index is 0. The molecule has 1 atom stereocenters. The molecular weight excluding hydrogens is 415 g/mol. The molecular formula is C18H37IN4O. The van der Waals surface area contributed by atoms with Crippen LogP contribution in [-0.2, 0) is 4.74 Å². The molecule has 142 valence electrons. The van der Waals surface area contributed by atoms with Crippen molar-refractivity contribution < 1.29 is 4.74 Å². The Morgan fingerprint density at radius 1 is 1.21 bits per heavy atom. The number of aliphatic imine (C=N–C) groups is 1. The normalized spacial score (nSPS) is 20.1. The minimum atomic E-state index is 0. The van der Waals surface area contributed by atoms with Gasteiger partial charge < -0.3 is 15.4 Å². The molecule has 1 unspecified atom stereocenters. The number of nitrogens with one attached hydrogen (secondary N) is 2. The fourth-order valence-corrected chi connectivity index (χ4v) is 3.20. The summed E-state index contributed by atoms with van der Waals surface area (Å²) in [7, 11) is 1.85. The van der Waals surface area contributed by atoms with Gasteiger partial charge in [0.25, 0.3) is 0 Å². The Labute approximate surface area is 165 Å². The van der Waals surface area contributed by atoms with E-state index in [1.165, 1.54) is 38.8 Å². The van der Waals surface area contributed by atoms with Crippen LogP contribution in [0.3, 0.4) is 0 Å². The van der Waals surface area contributed by atoms with Crippen molar-refractivity contribution in [2.45, 2.75) is 52.0 Å². The van der Waals surface area contributed by atoms with Gasteiger partial charge in [0.1, 0.15) is 0 Å². The molecule has 1 aliphatic heterocycles. The molecule has 2 aliphatic rings. The summed E-state index contributed by atoms with van der Waals surface area (Å²) in [5.41, 5.74) is 0. The molecule has 0 aromatic heterocycles. The molecule has 0 aromatic carbocycles. The number of guanidine groups is 1. The van der Waals surface area contributed by atoms with Gasteiger partial charge in [0.15, 0.2) is 5.96 Å². The van der Waals surface area contributed by atoms with Gasteiger partial charge in [-0.25, -0.2) is 0 Å². The molecule has 24 heavy (non-hydrogen) atoms. The summed E-state index contributed by atoms with van der Waals surface area (Å²) < 4.78 is 5.66. The molecule has 5 nitrogen and oxygen atoms in total. The van der Waals surface area contributed by atoms with E-state index in [-0.39, 0.29) is 24.0 Å². The Morgan fingerprint density at radius 2 is 1.92 bits per heavy atom. The van der Waals surface area contributed by atoms with Gasteiger partial charge in [0, 0.05) is 39.4 Å². The van der Waals surface area contributed by atoms with Crippen molar-refractivity contribution in [2.24, 2.45) is 16.8 Å². The quantitative estimate of drug-likeness (QED) is 0.232. The Morgan fingerprint density at radius 3 is 2.50 bits per heavy atom. The highest BCUT2D eigenvalue weighted by Gasteiger charge is 2.24. The van der Waals surface area contributed by atoms with E-state index in [4.69, 9.17) is 4.74 Å². The van der Waals surface area contributed by atoms with Gasteiger partial charge in [0.05, 0.1) is 0 Å². The lowest BCUT2D eigenvalue weighted by Gasteiger charge is -2.31. The van der Waals surface area contributed by atoms with E-state index in [1.54, 1.807) is 0 Å². The number of halogens is 1. The number of hydrogen-bond acceptors (Lipinski definition) is 3. The molecule has 1 aliphatic carbocycles. The summed E-state index contributed by atoms with van der Waals surface area (Å²) in [6.07, 6.45) is 6.45. The summed E-state index contributed by atoms with van der Waals surface area (Å²) in [6, 6.07) is 0.595. The SMILES string of the molecule is CN=C(NCCCOCC1CC1)NCC(C(C)C)N1CCCC1.I. The van der Waals surface area contributed by atoms with Crippen molar-refractivity contribution in [2.75, 3.05) is 46.4 Å². The van der Waals surface area contributed by atoms with Crippen LogP contribution in [0.4, 0.5) is 0 Å². The second kappa shape index (κ2) is 12.3. The molecule has 0 amide bonds. The van der Waals surface area contributed by atoms with Crippen LogP contribution < -0.4 is 10.6 Å². The molecule has 0 aromatic rings. The zero-order chi connectivity index (χ0) is 16.5. The number of ether oxygens (including phenoxy) is 1. The molecule has 2 rings (SSSR count). The van der Waals surface area contributed by atoms with Crippen LogP contribution in [0.1, 0.15) is 46.0 Å². The average molecular weight is 452 g/mol. The highest BCUT2D eigenvalue weighted by molar-refractivity contribution is 14.0. The maximum atomic E-state index is 5.66. The first-order valence-electron chi connectivity index (χ1n) is 9.47. The second-order valence-corrected chi connectivity index (χ2v) is 7.31. The highest BCUT2D eigenvalue weighted by atomic mass is 127. The van der Waals surface area contributed by atoms with Gasteiger partial charge in [-0.2, -0.15) is 0 Å². The zero-order valence-corrected chi connectivity index (χ0v) is 18.1. The number of nitrogens with zero attached hydrogens (tertiary/aromatic N) is 2. The highest BCUT2D eigenvalue weighted by Crippen LogP contribution is 2.28. The topological polar surface area (TPSA) is 48.9 Å². The van der Waals surface area contributed by atoms with Crippen molar-refractivity contribution in [1.29, 1.82) is 0 Å². The Hall–Kier alpha value is -0.0800. The lowest BCUT2D eigenvalue weighted by atomic mass is 10.0. The minimum Gasteiger partial charge on any atom is -0.381 e. The molecule has 6 heteroatoms. The zero-order valence-electron chi connectivity index (χ0n) is 15.7. The number of rotatable bonds is 10. The van der Waals surface area contributed by atoms with Crippen molar-refractivity contribution in [3.8, 4) is 0 Å². The molecule has 0 radical (unpaired) electrons. The van der Waals surface area contributed by atoms with E-state index in [0.717, 1.165) is 44.6 Å². The van der Waals surface area contributed by atoms with E-state index in [0.29, 0.717) is 12.0 Å². The molecule has 2 fully saturated rings. The first-order valence-corrected chi connectivity index (χ1v) is 9.47. The Kier molecular flexibility index (Phi) is 11.3. The van der Waals surface area contributed by atoms with Gasteiger partial charge in [-0.15, -0.1) is 24.0 Å². The van der Waals surface area contributed by atoms with E-state index < -0.39 is 0 Å². The van der Waals surface area contributed by atoms with E-state index in [1.807, 2.05) is 7.05 Å². The second-order valence-electron chi connectivity index (χ2n) is 7.31. The van der Waals surface area contributed by atoms with Crippen molar-refractivity contribution >= 4 is 29.9 Å². The summed E-state index contributed by atoms with van der Waals surface area (Å²) in [6.45, 7) is 10.8. The van der Waals surface area contributed by atoms with Gasteiger partial charge in [-0.1, -0.05) is 13.8 Å². The molecule has 2 N–H and O–H groups in total. The molecule has 0 bridgehead atoms. The fraction of sp³-hybridized carbons (Fsp3) is 0.944. The average Bonchev–Trinajstić information content (AvgIpc) is 3.21. The lowest BCUT2D eigenvalue weighted by molar-refractivity contribution is 0.123. The summed E-state index contributed by atoms with van der Waals surface area (Å²) in [5.74, 6) is 2.43. The van der Waals surface area contributed by atoms with Crippen LogP contribution in [0.2, 0.25) is 0 Å². The monoisotopic (exact) mass is 452 g/mol. The van der Waals surface area contributed by atoms with Crippen LogP contribution in [0.5, 0.6) is 0 Å². The van der Waals surface area contributed by atoms with Crippen LogP contribution in [0.15, 0.2) is 4.99 Å². The van der Waals surface area contributed by atoms with Gasteiger partial charge in [0.2, 0.25) is 0 Å².